The molecule has 3 heteroatoms. The molecule has 3 rings (SSSR count). The van der Waals surface area contributed by atoms with E-state index in [1.807, 2.05) is 12.1 Å². The van der Waals surface area contributed by atoms with E-state index in [2.05, 4.69) is 40.2 Å². The van der Waals surface area contributed by atoms with Crippen molar-refractivity contribution in [2.24, 2.45) is 0 Å². The lowest BCUT2D eigenvalue weighted by Crippen LogP contribution is -1.69. The molecular formula is C12H6BrClS. The first-order valence-electron chi connectivity index (χ1n) is 4.52. The molecule has 0 bridgehead atoms. The summed E-state index contributed by atoms with van der Waals surface area (Å²) in [7, 11) is 0. The highest BCUT2D eigenvalue weighted by Crippen LogP contribution is 2.39. The zero-order chi connectivity index (χ0) is 10.4. The van der Waals surface area contributed by atoms with Gasteiger partial charge in [-0.3, -0.25) is 0 Å². The smallest absolute Gasteiger partial charge is 0.0498 e. The lowest BCUT2D eigenvalue weighted by molar-refractivity contribution is 1.79. The molecule has 2 aromatic carbocycles. The maximum atomic E-state index is 6.06. The van der Waals surface area contributed by atoms with Crippen LogP contribution in [0.25, 0.3) is 20.2 Å². The Hall–Kier alpha value is -0.570. The average molecular weight is 298 g/mol. The fourth-order valence-corrected chi connectivity index (χ4v) is 3.90. The van der Waals surface area contributed by atoms with E-state index in [9.17, 15) is 0 Å². The normalized spacial score (nSPS) is 11.3. The molecule has 0 saturated carbocycles. The molecule has 0 atom stereocenters. The van der Waals surface area contributed by atoms with E-state index in [1.54, 1.807) is 11.3 Å². The molecule has 1 heterocycles. The third-order valence-electron chi connectivity index (χ3n) is 2.40. The van der Waals surface area contributed by atoms with E-state index in [1.165, 1.54) is 20.2 Å². The van der Waals surface area contributed by atoms with Crippen LogP contribution in [0.4, 0.5) is 0 Å². The van der Waals surface area contributed by atoms with E-state index in [4.69, 9.17) is 11.6 Å². The van der Waals surface area contributed by atoms with Gasteiger partial charge in [-0.05, 0) is 34.1 Å². The zero-order valence-electron chi connectivity index (χ0n) is 7.63. The van der Waals surface area contributed by atoms with Gasteiger partial charge in [0.25, 0.3) is 0 Å². The molecule has 0 spiro atoms. The molecule has 0 aliphatic rings. The van der Waals surface area contributed by atoms with E-state index < -0.39 is 0 Å². The topological polar surface area (TPSA) is 0 Å². The van der Waals surface area contributed by atoms with Crippen LogP contribution in [-0.4, -0.2) is 0 Å². The summed E-state index contributed by atoms with van der Waals surface area (Å²) in [5.74, 6) is 0. The molecule has 0 N–H and O–H groups in total. The van der Waals surface area contributed by atoms with Gasteiger partial charge in [0.2, 0.25) is 0 Å². The predicted octanol–water partition coefficient (Wildman–Crippen LogP) is 5.47. The SMILES string of the molecule is Clc1cc(Br)c2sc3ccccc3c2c1. The molecule has 0 radical (unpaired) electrons. The molecule has 1 aromatic heterocycles. The van der Waals surface area contributed by atoms with Crippen molar-refractivity contribution in [3.05, 3.63) is 45.9 Å². The number of thiophene rings is 1. The number of hydrogen-bond acceptors (Lipinski definition) is 1. The Kier molecular flexibility index (Phi) is 2.23. The van der Waals surface area contributed by atoms with Gasteiger partial charge in [0.05, 0.1) is 0 Å². The van der Waals surface area contributed by atoms with Gasteiger partial charge in [-0.1, -0.05) is 29.8 Å². The quantitative estimate of drug-likeness (QED) is 0.516. The van der Waals surface area contributed by atoms with Gasteiger partial charge in [-0.2, -0.15) is 0 Å². The van der Waals surface area contributed by atoms with Crippen molar-refractivity contribution >= 4 is 59.0 Å². The lowest BCUT2D eigenvalue weighted by atomic mass is 10.1. The van der Waals surface area contributed by atoms with Crippen LogP contribution in [0.3, 0.4) is 0 Å². The second kappa shape index (κ2) is 3.48. The van der Waals surface area contributed by atoms with E-state index >= 15 is 0 Å². The Morgan fingerprint density at radius 3 is 2.73 bits per heavy atom. The molecular weight excluding hydrogens is 292 g/mol. The van der Waals surface area contributed by atoms with Crippen molar-refractivity contribution < 1.29 is 0 Å². The van der Waals surface area contributed by atoms with Crippen LogP contribution in [0.5, 0.6) is 0 Å². The van der Waals surface area contributed by atoms with Crippen LogP contribution in [0, 0.1) is 0 Å². The number of fused-ring (bicyclic) bond motifs is 3. The second-order valence-electron chi connectivity index (χ2n) is 3.36. The van der Waals surface area contributed by atoms with Crippen molar-refractivity contribution in [2.75, 3.05) is 0 Å². The molecule has 0 saturated heterocycles. The van der Waals surface area contributed by atoms with E-state index in [-0.39, 0.29) is 0 Å². The highest BCUT2D eigenvalue weighted by molar-refractivity contribution is 9.10. The highest BCUT2D eigenvalue weighted by atomic mass is 79.9. The number of halogens is 2. The lowest BCUT2D eigenvalue weighted by Gasteiger charge is -1.95. The fraction of sp³-hybridized carbons (Fsp3) is 0. The third kappa shape index (κ3) is 1.48. The van der Waals surface area contributed by atoms with Gasteiger partial charge < -0.3 is 0 Å². The predicted molar refractivity (Wildman–Crippen MR) is 72.0 cm³/mol. The van der Waals surface area contributed by atoms with Gasteiger partial charge in [0, 0.05) is 29.7 Å². The van der Waals surface area contributed by atoms with Gasteiger partial charge in [0.1, 0.15) is 0 Å². The number of benzene rings is 2. The van der Waals surface area contributed by atoms with Crippen LogP contribution < -0.4 is 0 Å². The summed E-state index contributed by atoms with van der Waals surface area (Å²) in [6, 6.07) is 12.4. The fourth-order valence-electron chi connectivity index (χ4n) is 1.75. The van der Waals surface area contributed by atoms with Gasteiger partial charge >= 0.3 is 0 Å². The van der Waals surface area contributed by atoms with Gasteiger partial charge in [-0.15, -0.1) is 11.3 Å². The Bertz CT molecular complexity index is 657. The Morgan fingerprint density at radius 2 is 1.87 bits per heavy atom. The number of rotatable bonds is 0. The summed E-state index contributed by atoms with van der Waals surface area (Å²) in [6.07, 6.45) is 0. The van der Waals surface area contributed by atoms with Crippen LogP contribution in [0.2, 0.25) is 5.02 Å². The monoisotopic (exact) mass is 296 g/mol. The molecule has 0 aliphatic carbocycles. The largest absolute Gasteiger partial charge is 0.134 e. The molecule has 0 aliphatic heterocycles. The van der Waals surface area contributed by atoms with Crippen molar-refractivity contribution in [1.29, 1.82) is 0 Å². The standard InChI is InChI=1S/C12H6BrClS/c13-10-6-7(14)5-9-8-3-1-2-4-11(8)15-12(9)10/h1-6H. The van der Waals surface area contributed by atoms with Crippen molar-refractivity contribution in [3.63, 3.8) is 0 Å². The number of hydrogen-bond donors (Lipinski definition) is 0. The van der Waals surface area contributed by atoms with Crippen LogP contribution >= 0.6 is 38.9 Å². The molecule has 0 unspecified atom stereocenters. The van der Waals surface area contributed by atoms with Gasteiger partial charge in [0.15, 0.2) is 0 Å². The molecule has 74 valence electrons. The average Bonchev–Trinajstić information content (AvgIpc) is 2.57. The third-order valence-corrected chi connectivity index (χ3v) is 4.72. The summed E-state index contributed by atoms with van der Waals surface area (Å²) in [6.45, 7) is 0. The van der Waals surface area contributed by atoms with Crippen LogP contribution in [0.1, 0.15) is 0 Å². The van der Waals surface area contributed by atoms with Crippen molar-refractivity contribution in [3.8, 4) is 0 Å². The van der Waals surface area contributed by atoms with E-state index in [0.29, 0.717) is 0 Å². The Labute approximate surface area is 105 Å². The maximum Gasteiger partial charge on any atom is 0.0498 e. The van der Waals surface area contributed by atoms with E-state index in [0.717, 1.165) is 9.50 Å². The second-order valence-corrected chi connectivity index (χ2v) is 5.71. The molecule has 15 heavy (non-hydrogen) atoms. The van der Waals surface area contributed by atoms with Crippen LogP contribution in [0.15, 0.2) is 40.9 Å². The summed E-state index contributed by atoms with van der Waals surface area (Å²) in [4.78, 5) is 0. The molecule has 3 aromatic rings. The van der Waals surface area contributed by atoms with Crippen molar-refractivity contribution in [1.82, 2.24) is 0 Å². The molecule has 0 amide bonds. The summed E-state index contributed by atoms with van der Waals surface area (Å²) < 4.78 is 3.64. The Morgan fingerprint density at radius 1 is 1.07 bits per heavy atom. The first-order chi connectivity index (χ1) is 7.25. The summed E-state index contributed by atoms with van der Waals surface area (Å²) in [5.41, 5.74) is 0. The van der Waals surface area contributed by atoms with Gasteiger partial charge in [-0.25, -0.2) is 0 Å². The molecule has 0 fully saturated rings. The summed E-state index contributed by atoms with van der Waals surface area (Å²) in [5, 5.41) is 3.29. The minimum Gasteiger partial charge on any atom is -0.134 e. The maximum absolute atomic E-state index is 6.06. The first-order valence-corrected chi connectivity index (χ1v) is 6.51. The first kappa shape index (κ1) is 9.64. The van der Waals surface area contributed by atoms with Crippen LogP contribution in [-0.2, 0) is 0 Å². The zero-order valence-corrected chi connectivity index (χ0v) is 10.8. The minimum atomic E-state index is 0.776. The van der Waals surface area contributed by atoms with Crippen molar-refractivity contribution in [2.45, 2.75) is 0 Å². The summed E-state index contributed by atoms with van der Waals surface area (Å²) >= 11 is 11.4. The highest BCUT2D eigenvalue weighted by Gasteiger charge is 2.07. The Balaban J connectivity index is 2.61. The molecule has 0 nitrogen and oxygen atoms in total. The minimum absolute atomic E-state index is 0.776.